The number of fused-ring (bicyclic) bond motifs is 4. The zero-order valence-corrected chi connectivity index (χ0v) is 18.0. The van der Waals surface area contributed by atoms with Crippen LogP contribution in [0.3, 0.4) is 0 Å². The monoisotopic (exact) mass is 418 g/mol. The fraction of sp³-hybridized carbons (Fsp3) is 0.500. The number of rotatable bonds is 1. The van der Waals surface area contributed by atoms with Crippen LogP contribution in [0.4, 0.5) is 6.01 Å². The lowest BCUT2D eigenvalue weighted by Gasteiger charge is -2.43. The second-order valence-corrected chi connectivity index (χ2v) is 10.1. The van der Waals surface area contributed by atoms with E-state index in [1.807, 2.05) is 12.1 Å². The van der Waals surface area contributed by atoms with E-state index in [4.69, 9.17) is 10.2 Å². The molecule has 1 aromatic carbocycles. The van der Waals surface area contributed by atoms with Gasteiger partial charge >= 0.3 is 0 Å². The van der Waals surface area contributed by atoms with Crippen molar-refractivity contribution in [1.82, 2.24) is 4.98 Å². The highest BCUT2D eigenvalue weighted by Crippen LogP contribution is 2.59. The molecule has 1 heterocycles. The normalized spacial score (nSPS) is 35.2. The summed E-state index contributed by atoms with van der Waals surface area (Å²) >= 11 is 0. The molecule has 0 radical (unpaired) electrons. The van der Waals surface area contributed by atoms with Gasteiger partial charge in [-0.15, -0.1) is 0 Å². The van der Waals surface area contributed by atoms with Crippen molar-refractivity contribution in [2.75, 3.05) is 5.73 Å². The van der Waals surface area contributed by atoms with Gasteiger partial charge in [0.25, 0.3) is 6.01 Å². The van der Waals surface area contributed by atoms with Crippen LogP contribution in [0.25, 0.3) is 16.7 Å². The second-order valence-electron chi connectivity index (χ2n) is 10.1. The predicted molar refractivity (Wildman–Crippen MR) is 121 cm³/mol. The number of nitrogens with zero attached hydrogens (tertiary/aromatic N) is 1. The molecule has 5 nitrogen and oxygen atoms in total. The van der Waals surface area contributed by atoms with Crippen molar-refractivity contribution in [1.29, 1.82) is 0 Å². The number of benzene rings is 1. The average Bonchev–Trinajstić information content (AvgIpc) is 3.19. The Labute approximate surface area is 182 Å². The highest BCUT2D eigenvalue weighted by molar-refractivity contribution is 5.83. The van der Waals surface area contributed by atoms with Gasteiger partial charge in [-0.2, -0.15) is 4.98 Å². The first-order valence-electron chi connectivity index (χ1n) is 11.6. The number of aromatic nitrogens is 1. The number of aliphatic hydroxyl groups excluding tert-OH is 2. The Hall–Kier alpha value is -2.37. The van der Waals surface area contributed by atoms with E-state index in [0.29, 0.717) is 17.4 Å². The number of hydrogen-bond donors (Lipinski definition) is 3. The van der Waals surface area contributed by atoms with Gasteiger partial charge in [0.1, 0.15) is 5.52 Å². The zero-order valence-electron chi connectivity index (χ0n) is 18.0. The summed E-state index contributed by atoms with van der Waals surface area (Å²) in [5.74, 6) is 0.971. The first-order chi connectivity index (χ1) is 14.9. The van der Waals surface area contributed by atoms with Gasteiger partial charge in [0.2, 0.25) is 0 Å². The fourth-order valence-corrected chi connectivity index (χ4v) is 6.84. The number of aliphatic hydroxyl groups is 2. The third-order valence-corrected chi connectivity index (χ3v) is 8.37. The van der Waals surface area contributed by atoms with Crippen LogP contribution in [0.2, 0.25) is 0 Å². The molecule has 1 fully saturated rings. The van der Waals surface area contributed by atoms with E-state index >= 15 is 0 Å². The Morgan fingerprint density at radius 2 is 2.06 bits per heavy atom. The standard InChI is InChI=1S/C26H30N2O3/c1-26-13-23(30)19-11-16-10-17(29)5-2-14(16)3-6-18(19)21(26)8-7-20(26)15-4-9-22-24(12-15)31-25(27)28-22/h4,7,9,11-12,14,17,21,23,29-30H,2-3,5-6,8,10,13H2,1H3,(H2,27,28). The van der Waals surface area contributed by atoms with Gasteiger partial charge in [0, 0.05) is 5.41 Å². The first kappa shape index (κ1) is 19.3. The highest BCUT2D eigenvalue weighted by atomic mass is 16.4. The molecular weight excluding hydrogens is 388 g/mol. The average molecular weight is 419 g/mol. The van der Waals surface area contributed by atoms with Crippen LogP contribution in [-0.2, 0) is 0 Å². The molecule has 5 unspecified atom stereocenters. The van der Waals surface area contributed by atoms with E-state index in [-0.39, 0.29) is 17.5 Å². The molecule has 4 aliphatic carbocycles. The van der Waals surface area contributed by atoms with E-state index in [1.54, 1.807) is 0 Å². The van der Waals surface area contributed by atoms with E-state index in [2.05, 4.69) is 30.1 Å². The number of anilines is 1. The Kier molecular flexibility index (Phi) is 4.25. The van der Waals surface area contributed by atoms with Gasteiger partial charge in [0.15, 0.2) is 5.58 Å². The molecule has 0 saturated heterocycles. The topological polar surface area (TPSA) is 92.5 Å². The Balaban J connectivity index is 1.38. The molecule has 0 amide bonds. The van der Waals surface area contributed by atoms with Crippen molar-refractivity contribution in [2.45, 2.75) is 64.1 Å². The van der Waals surface area contributed by atoms with Crippen molar-refractivity contribution in [3.63, 3.8) is 0 Å². The smallest absolute Gasteiger partial charge is 0.292 e. The molecule has 4 aliphatic rings. The summed E-state index contributed by atoms with van der Waals surface area (Å²) in [6.45, 7) is 2.32. The maximum atomic E-state index is 11.3. The first-order valence-corrected chi connectivity index (χ1v) is 11.6. The minimum absolute atomic E-state index is 0.106. The van der Waals surface area contributed by atoms with Gasteiger partial charge in [-0.05, 0) is 85.6 Å². The molecule has 1 aromatic heterocycles. The summed E-state index contributed by atoms with van der Waals surface area (Å²) in [6.07, 6.45) is 10.6. The van der Waals surface area contributed by atoms with E-state index in [0.717, 1.165) is 61.6 Å². The van der Waals surface area contributed by atoms with Crippen molar-refractivity contribution in [3.05, 3.63) is 52.6 Å². The molecule has 1 saturated carbocycles. The zero-order chi connectivity index (χ0) is 21.3. The van der Waals surface area contributed by atoms with Gasteiger partial charge < -0.3 is 20.4 Å². The predicted octanol–water partition coefficient (Wildman–Crippen LogP) is 4.76. The molecule has 5 atom stereocenters. The summed E-state index contributed by atoms with van der Waals surface area (Å²) in [6, 6.07) is 6.31. The van der Waals surface area contributed by atoms with Gasteiger partial charge in [-0.25, -0.2) is 0 Å². The molecule has 162 valence electrons. The van der Waals surface area contributed by atoms with E-state index in [9.17, 15) is 10.2 Å². The lowest BCUT2D eigenvalue weighted by Crippen LogP contribution is -2.37. The van der Waals surface area contributed by atoms with E-state index < -0.39 is 6.10 Å². The molecular formula is C26H30N2O3. The van der Waals surface area contributed by atoms with E-state index in [1.165, 1.54) is 16.7 Å². The molecule has 4 N–H and O–H groups in total. The molecule has 2 aromatic rings. The Morgan fingerprint density at radius 3 is 2.94 bits per heavy atom. The summed E-state index contributed by atoms with van der Waals surface area (Å²) in [5, 5.41) is 21.5. The van der Waals surface area contributed by atoms with Crippen LogP contribution in [0.5, 0.6) is 0 Å². The molecule has 31 heavy (non-hydrogen) atoms. The van der Waals surface area contributed by atoms with Crippen LogP contribution in [0.1, 0.15) is 57.4 Å². The van der Waals surface area contributed by atoms with Crippen LogP contribution < -0.4 is 5.73 Å². The second kappa shape index (κ2) is 6.81. The minimum atomic E-state index is -0.465. The molecule has 0 aliphatic heterocycles. The number of nitrogens with two attached hydrogens (primary N) is 1. The lowest BCUT2D eigenvalue weighted by molar-refractivity contribution is 0.124. The van der Waals surface area contributed by atoms with Crippen molar-refractivity contribution in [2.24, 2.45) is 17.3 Å². The molecule has 0 bridgehead atoms. The van der Waals surface area contributed by atoms with Crippen LogP contribution in [0.15, 0.2) is 51.5 Å². The fourth-order valence-electron chi connectivity index (χ4n) is 6.84. The minimum Gasteiger partial charge on any atom is -0.424 e. The van der Waals surface area contributed by atoms with Crippen LogP contribution in [-0.4, -0.2) is 27.4 Å². The van der Waals surface area contributed by atoms with Crippen LogP contribution >= 0.6 is 0 Å². The maximum absolute atomic E-state index is 11.3. The Bertz CT molecular complexity index is 1160. The summed E-state index contributed by atoms with van der Waals surface area (Å²) in [5.41, 5.74) is 13.5. The van der Waals surface area contributed by atoms with Crippen molar-refractivity contribution < 1.29 is 14.6 Å². The third kappa shape index (κ3) is 2.94. The highest BCUT2D eigenvalue weighted by Gasteiger charge is 2.49. The van der Waals surface area contributed by atoms with Crippen LogP contribution in [0, 0.1) is 17.3 Å². The van der Waals surface area contributed by atoms with Gasteiger partial charge in [-0.3, -0.25) is 0 Å². The quantitative estimate of drug-likeness (QED) is 0.621. The lowest BCUT2D eigenvalue weighted by atomic mass is 9.61. The number of nitrogen functional groups attached to an aromatic ring is 1. The number of allylic oxidation sites excluding steroid dienone is 3. The third-order valence-electron chi connectivity index (χ3n) is 8.37. The molecule has 5 heteroatoms. The summed E-state index contributed by atoms with van der Waals surface area (Å²) < 4.78 is 5.58. The Morgan fingerprint density at radius 1 is 1.19 bits per heavy atom. The number of hydrogen-bond acceptors (Lipinski definition) is 5. The number of oxazole rings is 1. The van der Waals surface area contributed by atoms with Crippen molar-refractivity contribution in [3.8, 4) is 0 Å². The largest absolute Gasteiger partial charge is 0.424 e. The SMILES string of the molecule is CC12CC(O)C3=C(CCC4CCC(O)CC4=C3)C1CC=C2c1ccc2nc(N)oc2c1. The van der Waals surface area contributed by atoms with Gasteiger partial charge in [0.05, 0.1) is 12.2 Å². The molecule has 0 spiro atoms. The summed E-state index contributed by atoms with van der Waals surface area (Å²) in [7, 11) is 0. The van der Waals surface area contributed by atoms with Crippen molar-refractivity contribution >= 4 is 22.7 Å². The van der Waals surface area contributed by atoms with Gasteiger partial charge in [-0.1, -0.05) is 36.3 Å². The summed E-state index contributed by atoms with van der Waals surface area (Å²) in [4.78, 5) is 4.22. The maximum Gasteiger partial charge on any atom is 0.292 e. The molecule has 6 rings (SSSR count).